The van der Waals surface area contributed by atoms with E-state index in [-0.39, 0.29) is 6.04 Å². The van der Waals surface area contributed by atoms with Gasteiger partial charge in [-0.05, 0) is 23.6 Å². The predicted molar refractivity (Wildman–Crippen MR) is 87.9 cm³/mol. The number of hydrogen-bond acceptors (Lipinski definition) is 5. The van der Waals surface area contributed by atoms with Gasteiger partial charge in [-0.15, -0.1) is 11.3 Å². The quantitative estimate of drug-likeness (QED) is 0.862. The summed E-state index contributed by atoms with van der Waals surface area (Å²) in [5, 5.41) is 6.30. The fraction of sp³-hybridized carbons (Fsp3) is 0.267. The second-order valence-electron chi connectivity index (χ2n) is 5.05. The van der Waals surface area contributed by atoms with E-state index < -0.39 is 10.0 Å². The van der Waals surface area contributed by atoms with Crippen LogP contribution in [0.5, 0.6) is 5.75 Å². The highest BCUT2D eigenvalue weighted by Gasteiger charge is 2.35. The lowest BCUT2D eigenvalue weighted by atomic mass is 10.0. The molecule has 0 aliphatic carbocycles. The van der Waals surface area contributed by atoms with Crippen LogP contribution in [0.15, 0.2) is 46.9 Å². The minimum absolute atomic E-state index is 0.267. The molecule has 0 spiro atoms. The van der Waals surface area contributed by atoms with Crippen LogP contribution in [0, 0.1) is 0 Å². The lowest BCUT2D eigenvalue weighted by Crippen LogP contribution is -2.25. The number of ether oxygens (including phenoxy) is 1. The topological polar surface area (TPSA) is 59.0 Å². The fourth-order valence-electron chi connectivity index (χ4n) is 2.46. The number of hydrogen-bond donors (Lipinski definition) is 0. The third kappa shape index (κ3) is 2.86. The van der Waals surface area contributed by atoms with Crippen LogP contribution in [-0.2, 0) is 10.0 Å². The van der Waals surface area contributed by atoms with Gasteiger partial charge >= 0.3 is 0 Å². The van der Waals surface area contributed by atoms with E-state index in [9.17, 15) is 8.42 Å². The van der Waals surface area contributed by atoms with Gasteiger partial charge in [-0.2, -0.15) is 9.52 Å². The van der Waals surface area contributed by atoms with Gasteiger partial charge in [0.1, 0.15) is 11.8 Å². The lowest BCUT2D eigenvalue weighted by molar-refractivity contribution is 0.379. The Labute approximate surface area is 133 Å². The summed E-state index contributed by atoms with van der Waals surface area (Å²) < 4.78 is 30.5. The minimum Gasteiger partial charge on any atom is -0.497 e. The molecule has 0 bridgehead atoms. The van der Waals surface area contributed by atoms with E-state index in [2.05, 4.69) is 5.10 Å². The first-order valence-corrected chi connectivity index (χ1v) is 9.46. The van der Waals surface area contributed by atoms with Gasteiger partial charge in [-0.3, -0.25) is 0 Å². The van der Waals surface area contributed by atoms with Gasteiger partial charge < -0.3 is 4.74 Å². The molecule has 116 valence electrons. The van der Waals surface area contributed by atoms with E-state index in [0.29, 0.717) is 6.42 Å². The van der Waals surface area contributed by atoms with E-state index in [1.165, 1.54) is 10.7 Å². The third-order valence-corrected chi connectivity index (χ3v) is 5.48. The Balaban J connectivity index is 2.00. The molecule has 1 aromatic heterocycles. The van der Waals surface area contributed by atoms with Crippen LogP contribution in [0.4, 0.5) is 0 Å². The third-order valence-electron chi connectivity index (χ3n) is 3.49. The van der Waals surface area contributed by atoms with Gasteiger partial charge in [0.2, 0.25) is 10.0 Å². The minimum atomic E-state index is -3.41. The van der Waals surface area contributed by atoms with E-state index in [1.54, 1.807) is 18.4 Å². The van der Waals surface area contributed by atoms with E-state index in [0.717, 1.165) is 21.9 Å². The highest BCUT2D eigenvalue weighted by atomic mass is 32.2. The summed E-state index contributed by atoms with van der Waals surface area (Å²) in [6.07, 6.45) is 1.74. The Morgan fingerprint density at radius 2 is 2.14 bits per heavy atom. The molecule has 0 radical (unpaired) electrons. The Morgan fingerprint density at radius 3 is 2.77 bits per heavy atom. The molecule has 2 heterocycles. The van der Waals surface area contributed by atoms with Crippen molar-refractivity contribution in [2.24, 2.45) is 5.10 Å². The van der Waals surface area contributed by atoms with Crippen LogP contribution in [0.25, 0.3) is 0 Å². The number of nitrogens with zero attached hydrogens (tertiary/aromatic N) is 2. The zero-order valence-corrected chi connectivity index (χ0v) is 13.9. The van der Waals surface area contributed by atoms with E-state index in [4.69, 9.17) is 4.74 Å². The molecule has 2 aromatic rings. The summed E-state index contributed by atoms with van der Waals surface area (Å²) in [6, 6.07) is 11.1. The van der Waals surface area contributed by atoms with Crippen LogP contribution < -0.4 is 4.74 Å². The molecular weight excluding hydrogens is 320 g/mol. The maximum atomic E-state index is 12.0. The van der Waals surface area contributed by atoms with Crippen molar-refractivity contribution in [2.75, 3.05) is 13.4 Å². The van der Waals surface area contributed by atoms with Gasteiger partial charge in [0.15, 0.2) is 0 Å². The van der Waals surface area contributed by atoms with Crippen LogP contribution >= 0.6 is 11.3 Å². The Kier molecular flexibility index (Phi) is 3.92. The van der Waals surface area contributed by atoms with Crippen molar-refractivity contribution in [1.82, 2.24) is 4.41 Å². The van der Waals surface area contributed by atoms with Crippen molar-refractivity contribution in [3.8, 4) is 5.75 Å². The van der Waals surface area contributed by atoms with E-state index in [1.807, 2.05) is 41.8 Å². The highest BCUT2D eigenvalue weighted by molar-refractivity contribution is 7.88. The Bertz CT molecular complexity index is 798. The summed E-state index contributed by atoms with van der Waals surface area (Å²) in [5.74, 6) is 0.727. The molecule has 3 rings (SSSR count). The predicted octanol–water partition coefficient (Wildman–Crippen LogP) is 2.87. The molecule has 0 saturated carbocycles. The van der Waals surface area contributed by atoms with Crippen molar-refractivity contribution >= 4 is 27.1 Å². The van der Waals surface area contributed by atoms with Gasteiger partial charge in [0.25, 0.3) is 0 Å². The molecule has 0 fully saturated rings. The van der Waals surface area contributed by atoms with Crippen molar-refractivity contribution in [2.45, 2.75) is 12.5 Å². The molecule has 0 amide bonds. The number of benzene rings is 1. The molecule has 1 atom stereocenters. The highest BCUT2D eigenvalue weighted by Crippen LogP contribution is 2.36. The maximum Gasteiger partial charge on any atom is 0.247 e. The number of hydrazone groups is 1. The first-order chi connectivity index (χ1) is 10.5. The zero-order valence-electron chi connectivity index (χ0n) is 12.3. The van der Waals surface area contributed by atoms with E-state index >= 15 is 0 Å². The number of thiophene rings is 1. The summed E-state index contributed by atoms with van der Waals surface area (Å²) in [4.78, 5) is 0.993. The van der Waals surface area contributed by atoms with Crippen LogP contribution in [0.1, 0.15) is 22.9 Å². The van der Waals surface area contributed by atoms with Crippen molar-refractivity contribution in [3.63, 3.8) is 0 Å². The van der Waals surface area contributed by atoms with Gasteiger partial charge in [-0.25, -0.2) is 8.42 Å². The van der Waals surface area contributed by atoms with Crippen LogP contribution in [0.3, 0.4) is 0 Å². The molecule has 1 aliphatic rings. The molecule has 0 unspecified atom stereocenters. The fourth-order valence-corrected chi connectivity index (χ4v) is 4.24. The summed E-state index contributed by atoms with van der Waals surface area (Å²) in [7, 11) is -1.81. The second kappa shape index (κ2) is 5.73. The Hall–Kier alpha value is -1.86. The second-order valence-corrected chi connectivity index (χ2v) is 7.87. The SMILES string of the molecule is COc1cccc(C2=NN(S(C)(=O)=O)[C@@H](c3cccs3)C2)c1. The molecule has 1 aliphatic heterocycles. The molecule has 0 saturated heterocycles. The summed E-state index contributed by atoms with van der Waals surface area (Å²) in [6.45, 7) is 0. The average molecular weight is 336 g/mol. The molecular formula is C15H16N2O3S2. The molecule has 22 heavy (non-hydrogen) atoms. The maximum absolute atomic E-state index is 12.0. The number of methoxy groups -OCH3 is 1. The standard InChI is InChI=1S/C15H16N2O3S2/c1-20-12-6-3-5-11(9-12)13-10-14(15-7-4-8-21-15)17(16-13)22(2,18)19/h3-9,14H,10H2,1-2H3/t14-/m1/s1. The zero-order chi connectivity index (χ0) is 15.7. The van der Waals surface area contributed by atoms with Gasteiger partial charge in [0, 0.05) is 16.9 Å². The molecule has 7 heteroatoms. The summed E-state index contributed by atoms with van der Waals surface area (Å²) in [5.41, 5.74) is 1.63. The van der Waals surface area contributed by atoms with Gasteiger partial charge in [-0.1, -0.05) is 18.2 Å². The largest absolute Gasteiger partial charge is 0.497 e. The first kappa shape index (κ1) is 15.1. The lowest BCUT2D eigenvalue weighted by Gasteiger charge is -2.19. The van der Waals surface area contributed by atoms with Gasteiger partial charge in [0.05, 0.1) is 19.1 Å². The average Bonchev–Trinajstić information content (AvgIpc) is 3.15. The summed E-state index contributed by atoms with van der Waals surface area (Å²) >= 11 is 1.54. The normalized spacial score (nSPS) is 18.4. The van der Waals surface area contributed by atoms with Crippen molar-refractivity contribution in [3.05, 3.63) is 52.2 Å². The van der Waals surface area contributed by atoms with Crippen LogP contribution in [0.2, 0.25) is 0 Å². The first-order valence-electron chi connectivity index (χ1n) is 6.74. The number of sulfonamides is 1. The molecule has 0 N–H and O–H groups in total. The molecule has 5 nitrogen and oxygen atoms in total. The van der Waals surface area contributed by atoms with Crippen LogP contribution in [-0.4, -0.2) is 31.9 Å². The monoisotopic (exact) mass is 336 g/mol. The number of rotatable bonds is 4. The Morgan fingerprint density at radius 1 is 1.32 bits per heavy atom. The van der Waals surface area contributed by atoms with Crippen molar-refractivity contribution in [1.29, 1.82) is 0 Å². The smallest absolute Gasteiger partial charge is 0.247 e. The van der Waals surface area contributed by atoms with Crippen molar-refractivity contribution < 1.29 is 13.2 Å². The molecule has 1 aromatic carbocycles.